The molecule has 0 radical (unpaired) electrons. The van der Waals surface area contributed by atoms with Crippen LogP contribution >= 0.6 is 23.2 Å². The van der Waals surface area contributed by atoms with Crippen molar-refractivity contribution in [3.63, 3.8) is 0 Å². The van der Waals surface area contributed by atoms with Crippen LogP contribution in [0.15, 0.2) is 41.5 Å². The van der Waals surface area contributed by atoms with Crippen LogP contribution in [-0.2, 0) is 4.79 Å². The third-order valence-electron chi connectivity index (χ3n) is 6.22. The molecule has 1 N–H and O–H groups in total. The molecule has 1 atom stereocenters. The van der Waals surface area contributed by atoms with Crippen LogP contribution in [0.25, 0.3) is 0 Å². The number of carbonyl (C=O) groups excluding carboxylic acids is 1. The first kappa shape index (κ1) is 19.5. The fraction of sp³-hybridized carbons (Fsp3) is 0.364. The van der Waals surface area contributed by atoms with E-state index in [1.807, 2.05) is 28.1 Å². The molecular weight excluding hydrogens is 425 g/mol. The number of amides is 1. The number of likely N-dealkylation sites (tertiary alicyclic amines) is 1. The third kappa shape index (κ3) is 3.10. The molecule has 5 rings (SSSR count). The number of fused-ring (bicyclic) bond motifs is 4. The summed E-state index contributed by atoms with van der Waals surface area (Å²) in [6.45, 7) is 2.80. The van der Waals surface area contributed by atoms with Crippen molar-refractivity contribution in [2.45, 2.75) is 38.0 Å². The van der Waals surface area contributed by atoms with Gasteiger partial charge in [-0.15, -0.1) is 0 Å². The van der Waals surface area contributed by atoms with E-state index in [9.17, 15) is 9.90 Å². The predicted octanol–water partition coefficient (Wildman–Crippen LogP) is 4.58. The fourth-order valence-electron chi connectivity index (χ4n) is 4.66. The van der Waals surface area contributed by atoms with Gasteiger partial charge < -0.3 is 14.7 Å². The summed E-state index contributed by atoms with van der Waals surface area (Å²) in [5.74, 6) is 1.01. The van der Waals surface area contributed by atoms with Crippen LogP contribution in [0.1, 0.15) is 43.4 Å². The van der Waals surface area contributed by atoms with Gasteiger partial charge in [-0.1, -0.05) is 23.2 Å². The van der Waals surface area contributed by atoms with Crippen molar-refractivity contribution in [1.29, 1.82) is 0 Å². The average molecular weight is 446 g/mol. The highest BCUT2D eigenvalue weighted by Crippen LogP contribution is 2.51. The lowest BCUT2D eigenvalue weighted by atomic mass is 9.90. The lowest BCUT2D eigenvalue weighted by Crippen LogP contribution is -2.59. The van der Waals surface area contributed by atoms with Gasteiger partial charge >= 0.3 is 0 Å². The first-order valence-electron chi connectivity index (χ1n) is 9.96. The molecule has 8 heteroatoms. The van der Waals surface area contributed by atoms with E-state index in [2.05, 4.69) is 0 Å². The van der Waals surface area contributed by atoms with Crippen LogP contribution in [0.3, 0.4) is 0 Å². The van der Waals surface area contributed by atoms with Gasteiger partial charge in [-0.05, 0) is 36.4 Å². The van der Waals surface area contributed by atoms with Gasteiger partial charge in [0.05, 0.1) is 11.8 Å². The summed E-state index contributed by atoms with van der Waals surface area (Å²) in [5, 5.41) is 18.5. The number of phenolic OH excluding ortho intramolecular Hbond substituents is 1. The highest BCUT2D eigenvalue weighted by atomic mass is 35.5. The Morgan fingerprint density at radius 1 is 1.17 bits per heavy atom. The standard InChI is InChI=1S/C22H21Cl2N3O3/c1-13(28)26-8-6-22(7-9-26)27-19(17-11-15(24)3-5-21(17)30-22)12-18(25-27)16-10-14(23)2-4-20(16)29/h2-5,10-11,19,29H,6-9,12H2,1H3/t19-/m0/s1. The maximum Gasteiger partial charge on any atom is 0.219 e. The molecule has 3 heterocycles. The number of rotatable bonds is 1. The van der Waals surface area contributed by atoms with Crippen LogP contribution in [-0.4, -0.2) is 45.4 Å². The molecule has 156 valence electrons. The second kappa shape index (κ2) is 7.06. The quantitative estimate of drug-likeness (QED) is 0.697. The Bertz CT molecular complexity index is 1060. The van der Waals surface area contributed by atoms with Gasteiger partial charge in [0.15, 0.2) is 0 Å². The van der Waals surface area contributed by atoms with Gasteiger partial charge in [-0.2, -0.15) is 5.10 Å². The number of halogens is 2. The first-order chi connectivity index (χ1) is 14.4. The van der Waals surface area contributed by atoms with Gasteiger partial charge in [0.1, 0.15) is 11.5 Å². The summed E-state index contributed by atoms with van der Waals surface area (Å²) in [7, 11) is 0. The predicted molar refractivity (Wildman–Crippen MR) is 115 cm³/mol. The van der Waals surface area contributed by atoms with Crippen molar-refractivity contribution in [2.24, 2.45) is 5.10 Å². The molecular formula is C22H21Cl2N3O3. The number of ether oxygens (including phenoxy) is 1. The highest BCUT2D eigenvalue weighted by Gasteiger charge is 2.52. The molecule has 2 aromatic rings. The molecule has 3 aliphatic heterocycles. The molecule has 6 nitrogen and oxygen atoms in total. The van der Waals surface area contributed by atoms with E-state index in [4.69, 9.17) is 33.0 Å². The van der Waals surface area contributed by atoms with Crippen molar-refractivity contribution in [3.05, 3.63) is 57.6 Å². The van der Waals surface area contributed by atoms with Gasteiger partial charge in [-0.25, -0.2) is 5.01 Å². The number of piperidine rings is 1. The van der Waals surface area contributed by atoms with E-state index in [0.29, 0.717) is 48.0 Å². The minimum absolute atomic E-state index is 0.0651. The largest absolute Gasteiger partial charge is 0.507 e. The number of carbonyl (C=O) groups is 1. The Morgan fingerprint density at radius 3 is 2.60 bits per heavy atom. The van der Waals surface area contributed by atoms with Crippen molar-refractivity contribution < 1.29 is 14.6 Å². The normalized spacial score (nSPS) is 21.7. The molecule has 1 amide bonds. The van der Waals surface area contributed by atoms with Crippen LogP contribution in [0.5, 0.6) is 11.5 Å². The van der Waals surface area contributed by atoms with Crippen LogP contribution in [0, 0.1) is 0 Å². The minimum atomic E-state index is -0.645. The second-order valence-electron chi connectivity index (χ2n) is 8.01. The Morgan fingerprint density at radius 2 is 1.87 bits per heavy atom. The van der Waals surface area contributed by atoms with Crippen LogP contribution < -0.4 is 4.74 Å². The first-order valence-corrected chi connectivity index (χ1v) is 10.7. The molecule has 0 bridgehead atoms. The maximum absolute atomic E-state index is 11.8. The molecule has 30 heavy (non-hydrogen) atoms. The van der Waals surface area contributed by atoms with E-state index in [0.717, 1.165) is 17.0 Å². The Hall–Kier alpha value is -2.44. The number of nitrogens with zero attached hydrogens (tertiary/aromatic N) is 3. The molecule has 0 unspecified atom stereocenters. The summed E-state index contributed by atoms with van der Waals surface area (Å²) in [6, 6.07) is 10.6. The molecule has 1 saturated heterocycles. The van der Waals surface area contributed by atoms with E-state index in [1.54, 1.807) is 25.1 Å². The second-order valence-corrected chi connectivity index (χ2v) is 8.88. The van der Waals surface area contributed by atoms with Gasteiger partial charge in [-0.3, -0.25) is 4.79 Å². The van der Waals surface area contributed by atoms with E-state index in [1.165, 1.54) is 0 Å². The summed E-state index contributed by atoms with van der Waals surface area (Å²) in [6.07, 6.45) is 1.88. The summed E-state index contributed by atoms with van der Waals surface area (Å²) in [4.78, 5) is 13.7. The minimum Gasteiger partial charge on any atom is -0.507 e. The summed E-state index contributed by atoms with van der Waals surface area (Å²) < 4.78 is 6.53. The van der Waals surface area contributed by atoms with Crippen molar-refractivity contribution in [3.8, 4) is 11.5 Å². The maximum atomic E-state index is 11.8. The number of hydrogen-bond acceptors (Lipinski definition) is 5. The Kier molecular flexibility index (Phi) is 4.60. The Labute approximate surface area is 184 Å². The lowest BCUT2D eigenvalue weighted by Gasteiger charge is -2.51. The van der Waals surface area contributed by atoms with E-state index in [-0.39, 0.29) is 17.7 Å². The average Bonchev–Trinajstić information content (AvgIpc) is 3.17. The third-order valence-corrected chi connectivity index (χ3v) is 6.69. The van der Waals surface area contributed by atoms with Crippen molar-refractivity contribution in [2.75, 3.05) is 13.1 Å². The van der Waals surface area contributed by atoms with Crippen LogP contribution in [0.4, 0.5) is 0 Å². The number of hydrazone groups is 1. The van der Waals surface area contributed by atoms with Crippen molar-refractivity contribution in [1.82, 2.24) is 9.91 Å². The smallest absolute Gasteiger partial charge is 0.219 e. The number of hydrogen-bond donors (Lipinski definition) is 1. The number of aromatic hydroxyl groups is 1. The molecule has 0 aromatic heterocycles. The summed E-state index contributed by atoms with van der Waals surface area (Å²) in [5.41, 5.74) is 1.71. The highest BCUT2D eigenvalue weighted by molar-refractivity contribution is 6.31. The van der Waals surface area contributed by atoms with Gasteiger partial charge in [0.2, 0.25) is 11.6 Å². The van der Waals surface area contributed by atoms with E-state index < -0.39 is 5.72 Å². The Balaban J connectivity index is 1.58. The fourth-order valence-corrected chi connectivity index (χ4v) is 5.01. The topological polar surface area (TPSA) is 65.4 Å². The summed E-state index contributed by atoms with van der Waals surface area (Å²) >= 11 is 12.5. The zero-order valence-electron chi connectivity index (χ0n) is 16.4. The molecule has 1 fully saturated rings. The molecule has 1 spiro atoms. The van der Waals surface area contributed by atoms with Gasteiger partial charge in [0.25, 0.3) is 0 Å². The lowest BCUT2D eigenvalue weighted by molar-refractivity contribution is -0.158. The monoisotopic (exact) mass is 445 g/mol. The number of benzene rings is 2. The van der Waals surface area contributed by atoms with Gasteiger partial charge in [0, 0.05) is 60.4 Å². The van der Waals surface area contributed by atoms with E-state index >= 15 is 0 Å². The molecule has 0 saturated carbocycles. The zero-order chi connectivity index (χ0) is 21.0. The molecule has 2 aromatic carbocycles. The zero-order valence-corrected chi connectivity index (χ0v) is 18.0. The number of phenols is 1. The van der Waals surface area contributed by atoms with Crippen LogP contribution in [0.2, 0.25) is 10.0 Å². The molecule has 3 aliphatic rings. The SMILES string of the molecule is CC(=O)N1CCC2(CC1)Oc1ccc(Cl)cc1[C@@H]1CC(c3cc(Cl)ccc3O)=NN12. The van der Waals surface area contributed by atoms with Crippen molar-refractivity contribution >= 4 is 34.8 Å². The molecule has 0 aliphatic carbocycles.